The van der Waals surface area contributed by atoms with Crippen molar-refractivity contribution in [2.75, 3.05) is 0 Å². The second-order valence-electron chi connectivity index (χ2n) is 3.91. The van der Waals surface area contributed by atoms with Crippen LogP contribution in [0.15, 0.2) is 29.8 Å². The van der Waals surface area contributed by atoms with Gasteiger partial charge in [-0.1, -0.05) is 18.2 Å². The van der Waals surface area contributed by atoms with Crippen LogP contribution in [0.3, 0.4) is 0 Å². The number of hydrogen-bond acceptors (Lipinski definition) is 3. The van der Waals surface area contributed by atoms with Gasteiger partial charge in [0.1, 0.15) is 5.75 Å². The minimum Gasteiger partial charge on any atom is -0.545 e. The number of fused-ring (bicyclic) bond motifs is 1. The summed E-state index contributed by atoms with van der Waals surface area (Å²) in [5, 5.41) is 6.65. The fourth-order valence-corrected chi connectivity index (χ4v) is 1.84. The summed E-state index contributed by atoms with van der Waals surface area (Å²) in [5.74, 6) is -1.69. The molecule has 0 spiro atoms. The molecule has 19 heavy (non-hydrogen) atoms. The molecule has 1 aliphatic heterocycles. The first-order valence-corrected chi connectivity index (χ1v) is 5.58. The van der Waals surface area contributed by atoms with Crippen LogP contribution in [0.1, 0.15) is 5.56 Å². The van der Waals surface area contributed by atoms with Crippen LogP contribution < -0.4 is 9.84 Å². The lowest BCUT2D eigenvalue weighted by Gasteiger charge is -2.31. The van der Waals surface area contributed by atoms with E-state index < -0.39 is 29.2 Å². The Kier molecular flexibility index (Phi) is 3.45. The number of carboxylic acid groups (broad SMARTS) is 1. The quantitative estimate of drug-likeness (QED) is 0.797. The van der Waals surface area contributed by atoms with Gasteiger partial charge in [-0.25, -0.2) is 4.39 Å². The summed E-state index contributed by atoms with van der Waals surface area (Å²) in [6.07, 6.45) is -3.99. The molecular formula is C12H7ClF3O3-. The second kappa shape index (κ2) is 4.77. The molecule has 0 bridgehead atoms. The zero-order valence-corrected chi connectivity index (χ0v) is 10.0. The first kappa shape index (κ1) is 13.7. The Balaban J connectivity index is 2.44. The van der Waals surface area contributed by atoms with E-state index >= 15 is 0 Å². The van der Waals surface area contributed by atoms with Gasteiger partial charge in [0.25, 0.3) is 0 Å². The molecule has 0 aliphatic carbocycles. The molecule has 102 valence electrons. The fourth-order valence-electron chi connectivity index (χ4n) is 1.72. The van der Waals surface area contributed by atoms with Crippen LogP contribution in [-0.2, 0) is 4.79 Å². The van der Waals surface area contributed by atoms with Gasteiger partial charge in [-0.15, -0.1) is 0 Å². The number of ether oxygens (including phenoxy) is 1. The molecule has 1 heterocycles. The van der Waals surface area contributed by atoms with Gasteiger partial charge < -0.3 is 14.6 Å². The summed E-state index contributed by atoms with van der Waals surface area (Å²) in [6, 6.07) is 6.04. The summed E-state index contributed by atoms with van der Waals surface area (Å²) < 4.78 is 44.1. The zero-order chi connectivity index (χ0) is 14.2. The second-order valence-corrected chi connectivity index (χ2v) is 4.41. The summed E-state index contributed by atoms with van der Waals surface area (Å²) in [6.45, 7) is 0. The summed E-state index contributed by atoms with van der Waals surface area (Å²) >= 11 is 4.59. The SMILES string of the molecule is O=C([O-])C1=Cc2ccccc2OC1C(F)C(F)(F)Cl. The lowest BCUT2D eigenvalue weighted by Crippen LogP contribution is -2.46. The fraction of sp³-hybridized carbons (Fsp3) is 0.250. The molecule has 1 aromatic carbocycles. The van der Waals surface area contributed by atoms with Gasteiger partial charge in [-0.3, -0.25) is 0 Å². The van der Waals surface area contributed by atoms with Gasteiger partial charge >= 0.3 is 5.38 Å². The highest BCUT2D eigenvalue weighted by atomic mass is 35.5. The van der Waals surface area contributed by atoms with Crippen molar-refractivity contribution in [3.63, 3.8) is 0 Å². The Morgan fingerprint density at radius 1 is 1.42 bits per heavy atom. The molecule has 0 radical (unpaired) electrons. The molecule has 0 N–H and O–H groups in total. The number of rotatable bonds is 3. The lowest BCUT2D eigenvalue weighted by atomic mass is 9.98. The van der Waals surface area contributed by atoms with Crippen molar-refractivity contribution in [2.24, 2.45) is 0 Å². The van der Waals surface area contributed by atoms with Crippen LogP contribution in [0.5, 0.6) is 5.75 Å². The first-order valence-electron chi connectivity index (χ1n) is 5.20. The minimum atomic E-state index is -4.24. The standard InChI is InChI=1S/C12H8ClF3O3/c13-12(15,16)10(14)9-7(11(17)18)5-6-3-1-2-4-8(6)19-9/h1-5,9-10H,(H,17,18)/p-1. The normalized spacial score (nSPS) is 20.0. The van der Waals surface area contributed by atoms with Crippen LogP contribution in [0.25, 0.3) is 6.08 Å². The van der Waals surface area contributed by atoms with E-state index in [0.29, 0.717) is 5.56 Å². The number of hydrogen-bond donors (Lipinski definition) is 0. The Morgan fingerprint density at radius 3 is 2.63 bits per heavy atom. The van der Waals surface area contributed by atoms with Crippen molar-refractivity contribution in [3.05, 3.63) is 35.4 Å². The van der Waals surface area contributed by atoms with E-state index in [4.69, 9.17) is 4.74 Å². The van der Waals surface area contributed by atoms with Crippen LogP contribution in [-0.4, -0.2) is 23.6 Å². The number of halogens is 4. The van der Waals surface area contributed by atoms with Crippen molar-refractivity contribution in [3.8, 4) is 5.75 Å². The Morgan fingerprint density at radius 2 is 2.05 bits per heavy atom. The highest BCUT2D eigenvalue weighted by Crippen LogP contribution is 2.37. The maximum atomic E-state index is 13.6. The average Bonchev–Trinajstić information content (AvgIpc) is 2.35. The van der Waals surface area contributed by atoms with Gasteiger partial charge in [0.05, 0.1) is 5.97 Å². The van der Waals surface area contributed by atoms with E-state index in [1.54, 1.807) is 12.1 Å². The molecule has 1 aliphatic rings. The monoisotopic (exact) mass is 291 g/mol. The van der Waals surface area contributed by atoms with Gasteiger partial charge in [0.15, 0.2) is 6.10 Å². The van der Waals surface area contributed by atoms with E-state index in [2.05, 4.69) is 11.6 Å². The van der Waals surface area contributed by atoms with Gasteiger partial charge in [-0.05, 0) is 23.7 Å². The van der Waals surface area contributed by atoms with Crippen molar-refractivity contribution >= 4 is 23.6 Å². The van der Waals surface area contributed by atoms with Crippen molar-refractivity contribution in [2.45, 2.75) is 17.7 Å². The number of carbonyl (C=O) groups excluding carboxylic acids is 1. The third-order valence-electron chi connectivity index (χ3n) is 2.60. The third-order valence-corrected chi connectivity index (χ3v) is 2.81. The van der Waals surface area contributed by atoms with Crippen LogP contribution in [0.2, 0.25) is 0 Å². The van der Waals surface area contributed by atoms with Crippen LogP contribution in [0, 0.1) is 0 Å². The number of carbonyl (C=O) groups is 1. The molecule has 2 rings (SSSR count). The van der Waals surface area contributed by atoms with E-state index in [-0.39, 0.29) is 5.75 Å². The predicted octanol–water partition coefficient (Wildman–Crippen LogP) is 1.75. The molecule has 2 unspecified atom stereocenters. The van der Waals surface area contributed by atoms with E-state index in [9.17, 15) is 23.1 Å². The highest BCUT2D eigenvalue weighted by Gasteiger charge is 2.47. The minimum absolute atomic E-state index is 0.0982. The molecule has 2 atom stereocenters. The predicted molar refractivity (Wildman–Crippen MR) is 59.5 cm³/mol. The number of alkyl halides is 4. The summed E-state index contributed by atoms with van der Waals surface area (Å²) in [5.41, 5.74) is -0.380. The molecule has 7 heteroatoms. The van der Waals surface area contributed by atoms with Gasteiger partial charge in [-0.2, -0.15) is 8.78 Å². The zero-order valence-electron chi connectivity index (χ0n) is 9.28. The first-order chi connectivity index (χ1) is 8.80. The third kappa shape index (κ3) is 2.68. The number of aliphatic carboxylic acids is 1. The van der Waals surface area contributed by atoms with E-state index in [1.165, 1.54) is 12.1 Å². The molecule has 0 aromatic heterocycles. The average molecular weight is 292 g/mol. The maximum absolute atomic E-state index is 13.6. The number of para-hydroxylation sites is 1. The Labute approximate surface area is 111 Å². The number of benzene rings is 1. The van der Waals surface area contributed by atoms with Crippen molar-refractivity contribution < 1.29 is 27.8 Å². The summed E-state index contributed by atoms with van der Waals surface area (Å²) in [7, 11) is 0. The van der Waals surface area contributed by atoms with Gasteiger partial charge in [0, 0.05) is 11.1 Å². The molecule has 1 aromatic rings. The summed E-state index contributed by atoms with van der Waals surface area (Å²) in [4.78, 5) is 10.9. The van der Waals surface area contributed by atoms with Crippen LogP contribution in [0.4, 0.5) is 13.2 Å². The largest absolute Gasteiger partial charge is 0.545 e. The number of carboxylic acids is 1. The maximum Gasteiger partial charge on any atom is 0.356 e. The van der Waals surface area contributed by atoms with Crippen molar-refractivity contribution in [1.82, 2.24) is 0 Å². The molecule has 3 nitrogen and oxygen atoms in total. The Hall–Kier alpha value is -1.69. The highest BCUT2D eigenvalue weighted by molar-refractivity contribution is 6.22. The van der Waals surface area contributed by atoms with E-state index in [0.717, 1.165) is 6.08 Å². The smallest absolute Gasteiger partial charge is 0.356 e. The Bertz CT molecular complexity index is 539. The topological polar surface area (TPSA) is 49.4 Å². The van der Waals surface area contributed by atoms with Gasteiger partial charge in [0.2, 0.25) is 6.17 Å². The molecule has 0 amide bonds. The lowest BCUT2D eigenvalue weighted by molar-refractivity contribution is -0.300. The van der Waals surface area contributed by atoms with E-state index in [1.807, 2.05) is 0 Å². The molecular weight excluding hydrogens is 285 g/mol. The molecule has 0 saturated carbocycles. The van der Waals surface area contributed by atoms with Crippen molar-refractivity contribution in [1.29, 1.82) is 0 Å². The molecule has 0 fully saturated rings. The van der Waals surface area contributed by atoms with Crippen LogP contribution >= 0.6 is 11.6 Å². The molecule has 0 saturated heterocycles.